The third-order valence-corrected chi connectivity index (χ3v) is 4.45. The lowest BCUT2D eigenvalue weighted by Gasteiger charge is -2.22. The van der Waals surface area contributed by atoms with E-state index in [0.29, 0.717) is 0 Å². The highest BCUT2D eigenvalue weighted by atomic mass is 32.1. The van der Waals surface area contributed by atoms with Crippen LogP contribution in [0.4, 0.5) is 0 Å². The maximum atomic E-state index is 10.1. The first-order valence-corrected chi connectivity index (χ1v) is 8.59. The molecule has 0 aromatic carbocycles. The molecule has 0 aliphatic rings. The molecule has 1 heterocycles. The second-order valence-electron chi connectivity index (χ2n) is 5.22. The molecular weight excluding hydrogens is 254 g/mol. The molecule has 110 valence electrons. The van der Waals surface area contributed by atoms with E-state index >= 15 is 0 Å². The Balaban J connectivity index is 2.22. The van der Waals surface area contributed by atoms with Crippen LogP contribution in [0.2, 0.25) is 0 Å². The number of unbranched alkanes of at least 4 members (excludes halogenated alkanes) is 2. The van der Waals surface area contributed by atoms with Crippen molar-refractivity contribution in [1.29, 1.82) is 0 Å². The molecule has 2 nitrogen and oxygen atoms in total. The molecule has 0 bridgehead atoms. The number of hydrogen-bond acceptors (Lipinski definition) is 3. The summed E-state index contributed by atoms with van der Waals surface area (Å²) in [4.78, 5) is 3.67. The number of aliphatic hydroxyl groups excluding tert-OH is 1. The molecule has 0 fully saturated rings. The number of rotatable bonds is 11. The van der Waals surface area contributed by atoms with Gasteiger partial charge in [0.15, 0.2) is 0 Å². The molecule has 1 aromatic heterocycles. The largest absolute Gasteiger partial charge is 0.388 e. The Hall–Kier alpha value is -0.380. The number of thiophene rings is 1. The van der Waals surface area contributed by atoms with Crippen LogP contribution in [0.1, 0.15) is 63.4 Å². The van der Waals surface area contributed by atoms with Crippen molar-refractivity contribution in [2.24, 2.45) is 0 Å². The minimum absolute atomic E-state index is 0.265. The molecule has 0 saturated heterocycles. The van der Waals surface area contributed by atoms with Gasteiger partial charge in [-0.1, -0.05) is 32.8 Å². The number of nitrogens with zero attached hydrogens (tertiary/aromatic N) is 1. The monoisotopic (exact) mass is 283 g/mol. The van der Waals surface area contributed by atoms with Gasteiger partial charge in [0.1, 0.15) is 0 Å². The Morgan fingerprint density at radius 1 is 1.11 bits per heavy atom. The molecule has 0 amide bonds. The van der Waals surface area contributed by atoms with Gasteiger partial charge in [0.2, 0.25) is 0 Å². The zero-order chi connectivity index (χ0) is 13.9. The molecule has 0 saturated carbocycles. The van der Waals surface area contributed by atoms with E-state index in [9.17, 15) is 5.11 Å². The number of aliphatic hydroxyl groups is 1. The topological polar surface area (TPSA) is 23.5 Å². The van der Waals surface area contributed by atoms with Gasteiger partial charge in [-0.2, -0.15) is 0 Å². The SMILES string of the molecule is CCCCN(CCCC)CCC[C@H](O)c1cccs1. The van der Waals surface area contributed by atoms with Gasteiger partial charge in [-0.3, -0.25) is 0 Å². The van der Waals surface area contributed by atoms with Crippen molar-refractivity contribution in [2.75, 3.05) is 19.6 Å². The second kappa shape index (κ2) is 10.4. The highest BCUT2D eigenvalue weighted by Gasteiger charge is 2.09. The van der Waals surface area contributed by atoms with Crippen LogP contribution in [0.3, 0.4) is 0 Å². The molecule has 1 aromatic rings. The maximum absolute atomic E-state index is 10.1. The normalized spacial score (nSPS) is 13.1. The molecule has 0 aliphatic heterocycles. The highest BCUT2D eigenvalue weighted by molar-refractivity contribution is 7.10. The van der Waals surface area contributed by atoms with Gasteiger partial charge < -0.3 is 10.0 Å². The Morgan fingerprint density at radius 3 is 2.26 bits per heavy atom. The zero-order valence-electron chi connectivity index (χ0n) is 12.5. The summed E-state index contributed by atoms with van der Waals surface area (Å²) in [7, 11) is 0. The van der Waals surface area contributed by atoms with E-state index in [2.05, 4.69) is 18.7 Å². The fourth-order valence-corrected chi connectivity index (χ4v) is 2.98. The number of hydrogen-bond donors (Lipinski definition) is 1. The third kappa shape index (κ3) is 7.09. The second-order valence-corrected chi connectivity index (χ2v) is 6.20. The molecule has 0 spiro atoms. The molecule has 1 rings (SSSR count). The van der Waals surface area contributed by atoms with Gasteiger partial charge >= 0.3 is 0 Å². The first-order valence-electron chi connectivity index (χ1n) is 7.71. The first-order chi connectivity index (χ1) is 9.27. The van der Waals surface area contributed by atoms with Crippen LogP contribution in [-0.4, -0.2) is 29.6 Å². The van der Waals surface area contributed by atoms with Crippen molar-refractivity contribution in [2.45, 2.75) is 58.5 Å². The van der Waals surface area contributed by atoms with Gasteiger partial charge in [0.05, 0.1) is 6.10 Å². The van der Waals surface area contributed by atoms with E-state index in [-0.39, 0.29) is 6.10 Å². The van der Waals surface area contributed by atoms with Crippen LogP contribution in [0.25, 0.3) is 0 Å². The summed E-state index contributed by atoms with van der Waals surface area (Å²) < 4.78 is 0. The zero-order valence-corrected chi connectivity index (χ0v) is 13.3. The Morgan fingerprint density at radius 2 is 1.74 bits per heavy atom. The maximum Gasteiger partial charge on any atom is 0.0882 e. The molecule has 0 unspecified atom stereocenters. The molecule has 1 N–H and O–H groups in total. The van der Waals surface area contributed by atoms with Gasteiger partial charge in [-0.15, -0.1) is 11.3 Å². The summed E-state index contributed by atoms with van der Waals surface area (Å²) in [6, 6.07) is 4.04. The Labute approximate surface area is 122 Å². The minimum Gasteiger partial charge on any atom is -0.388 e. The molecule has 19 heavy (non-hydrogen) atoms. The average molecular weight is 283 g/mol. The van der Waals surface area contributed by atoms with Crippen LogP contribution in [0.15, 0.2) is 17.5 Å². The average Bonchev–Trinajstić information content (AvgIpc) is 2.95. The van der Waals surface area contributed by atoms with E-state index in [4.69, 9.17) is 0 Å². The van der Waals surface area contributed by atoms with Crippen LogP contribution in [0.5, 0.6) is 0 Å². The Kier molecular flexibility index (Phi) is 9.14. The van der Waals surface area contributed by atoms with Crippen molar-refractivity contribution < 1.29 is 5.11 Å². The molecule has 0 radical (unpaired) electrons. The standard InChI is InChI=1S/C16H29NOS/c1-3-5-11-17(12-6-4-2)13-7-9-15(18)16-10-8-14-19-16/h8,10,14-15,18H,3-7,9,11-13H2,1-2H3/t15-/m0/s1. The van der Waals surface area contributed by atoms with Gasteiger partial charge in [0, 0.05) is 4.88 Å². The van der Waals surface area contributed by atoms with Gasteiger partial charge in [0.25, 0.3) is 0 Å². The lowest BCUT2D eigenvalue weighted by Crippen LogP contribution is -2.27. The lowest BCUT2D eigenvalue weighted by molar-refractivity contribution is 0.158. The molecular formula is C16H29NOS. The Bertz CT molecular complexity index is 292. The lowest BCUT2D eigenvalue weighted by atomic mass is 10.1. The summed E-state index contributed by atoms with van der Waals surface area (Å²) in [5, 5.41) is 12.1. The summed E-state index contributed by atoms with van der Waals surface area (Å²) in [6.45, 7) is 8.05. The fraction of sp³-hybridized carbons (Fsp3) is 0.750. The van der Waals surface area contributed by atoms with Crippen LogP contribution in [0, 0.1) is 0 Å². The summed E-state index contributed by atoms with van der Waals surface area (Å²) in [5.41, 5.74) is 0. The summed E-state index contributed by atoms with van der Waals surface area (Å²) >= 11 is 1.65. The minimum atomic E-state index is -0.265. The highest BCUT2D eigenvalue weighted by Crippen LogP contribution is 2.22. The van der Waals surface area contributed by atoms with E-state index in [1.54, 1.807) is 11.3 Å². The van der Waals surface area contributed by atoms with Crippen LogP contribution in [-0.2, 0) is 0 Å². The summed E-state index contributed by atoms with van der Waals surface area (Å²) in [6.07, 6.45) is 6.82. The van der Waals surface area contributed by atoms with Gasteiger partial charge in [-0.05, 0) is 56.8 Å². The quantitative estimate of drug-likeness (QED) is 0.648. The van der Waals surface area contributed by atoms with Crippen molar-refractivity contribution >= 4 is 11.3 Å². The summed E-state index contributed by atoms with van der Waals surface area (Å²) in [5.74, 6) is 0. The fourth-order valence-electron chi connectivity index (χ4n) is 2.23. The molecule has 1 atom stereocenters. The molecule has 0 aliphatic carbocycles. The third-order valence-electron chi connectivity index (χ3n) is 3.48. The van der Waals surface area contributed by atoms with E-state index in [1.165, 1.54) is 38.8 Å². The van der Waals surface area contributed by atoms with Crippen LogP contribution < -0.4 is 0 Å². The van der Waals surface area contributed by atoms with E-state index in [1.807, 2.05) is 17.5 Å². The first kappa shape index (κ1) is 16.7. The van der Waals surface area contributed by atoms with Crippen LogP contribution >= 0.6 is 11.3 Å². The molecule has 3 heteroatoms. The van der Waals surface area contributed by atoms with E-state index < -0.39 is 0 Å². The predicted octanol–water partition coefficient (Wildman–Crippen LogP) is 4.46. The van der Waals surface area contributed by atoms with Crippen molar-refractivity contribution in [3.8, 4) is 0 Å². The van der Waals surface area contributed by atoms with Crippen molar-refractivity contribution in [3.63, 3.8) is 0 Å². The predicted molar refractivity (Wildman–Crippen MR) is 84.8 cm³/mol. The van der Waals surface area contributed by atoms with Gasteiger partial charge in [-0.25, -0.2) is 0 Å². The van der Waals surface area contributed by atoms with Crippen molar-refractivity contribution in [3.05, 3.63) is 22.4 Å². The smallest absolute Gasteiger partial charge is 0.0882 e. The van der Waals surface area contributed by atoms with E-state index in [0.717, 1.165) is 24.3 Å². The van der Waals surface area contributed by atoms with Crippen molar-refractivity contribution in [1.82, 2.24) is 4.90 Å².